The van der Waals surface area contributed by atoms with Crippen molar-refractivity contribution in [2.75, 3.05) is 6.61 Å². The highest BCUT2D eigenvalue weighted by Crippen LogP contribution is 2.40. The van der Waals surface area contributed by atoms with Gasteiger partial charge in [-0.05, 0) is 33.3 Å². The van der Waals surface area contributed by atoms with Gasteiger partial charge in [0.2, 0.25) is 0 Å². The van der Waals surface area contributed by atoms with Gasteiger partial charge in [-0.2, -0.15) is 0 Å². The second-order valence-electron chi connectivity index (χ2n) is 16.8. The molecule has 2 saturated heterocycles. The Kier molecular flexibility index (Phi) is 16.1. The summed E-state index contributed by atoms with van der Waals surface area (Å²) in [4.78, 5) is 3.29. The highest BCUT2D eigenvalue weighted by Gasteiger charge is 2.57. The summed E-state index contributed by atoms with van der Waals surface area (Å²) in [5.41, 5.74) is 15.6. The van der Waals surface area contributed by atoms with E-state index in [9.17, 15) is 10.6 Å². The molecule has 1 N–H and O–H groups in total. The van der Waals surface area contributed by atoms with Crippen LogP contribution in [0, 0.1) is 0 Å². The number of aliphatic hydroxyl groups is 1. The Balaban J connectivity index is 1.09. The van der Waals surface area contributed by atoms with Gasteiger partial charge in [-0.3, -0.25) is 0 Å². The molecule has 0 bridgehead atoms. The zero-order valence-corrected chi connectivity index (χ0v) is 37.0. The molecule has 3 aliphatic rings. The van der Waals surface area contributed by atoms with Crippen LogP contribution in [-0.2, 0) is 75.7 Å². The maximum atomic E-state index is 12.9. The number of azide groups is 1. The normalized spacial score (nSPS) is 28.2. The standard InChI is InChI=1S/C54H55N3O10/c55-57-56-44-47(59-31-37-19-7-1-8-20-37)46-43(36-64-53(66-46)42-29-17-6-18-30-42)65-54(44)67-49-45(58)48(60-32-38-21-9-2-10-22-38)50(61-33-39-23-11-3-12-24-39)52(63-35-41-27-15-5-16-28-41)51(49)62-34-40-25-13-4-14-26-40/h1-30,43-54,58H,31-36H2/t43-,44-,45-,46-,47-,48-,49-,50+,51+,52-,53?,54-/m1/s1. The van der Waals surface area contributed by atoms with Crippen LogP contribution in [0.3, 0.4) is 0 Å². The molecule has 13 nitrogen and oxygen atoms in total. The largest absolute Gasteiger partial charge is 0.387 e. The summed E-state index contributed by atoms with van der Waals surface area (Å²) >= 11 is 0. The third kappa shape index (κ3) is 11.9. The fourth-order valence-electron chi connectivity index (χ4n) is 8.87. The van der Waals surface area contributed by atoms with Crippen LogP contribution in [-0.4, -0.2) is 79.0 Å². The van der Waals surface area contributed by atoms with Gasteiger partial charge in [0.05, 0.1) is 39.6 Å². The number of ether oxygens (including phenoxy) is 9. The number of nitrogens with zero attached hydrogens (tertiary/aromatic N) is 3. The Morgan fingerprint density at radius 1 is 0.478 bits per heavy atom. The van der Waals surface area contributed by atoms with Crippen molar-refractivity contribution in [2.45, 2.75) is 107 Å². The minimum Gasteiger partial charge on any atom is -0.387 e. The number of aliphatic hydroxyl groups excluding tert-OH is 1. The Morgan fingerprint density at radius 3 is 1.28 bits per heavy atom. The van der Waals surface area contributed by atoms with Crippen LogP contribution in [0.15, 0.2) is 187 Å². The molecule has 0 spiro atoms. The van der Waals surface area contributed by atoms with Crippen molar-refractivity contribution in [1.82, 2.24) is 0 Å². The van der Waals surface area contributed by atoms with Crippen LogP contribution in [0.1, 0.15) is 39.7 Å². The molecule has 2 aliphatic heterocycles. The molecule has 0 aromatic heterocycles. The highest BCUT2D eigenvalue weighted by atomic mass is 16.8. The van der Waals surface area contributed by atoms with Crippen molar-refractivity contribution < 1.29 is 47.7 Å². The smallest absolute Gasteiger partial charge is 0.184 e. The quantitative estimate of drug-likeness (QED) is 0.0473. The minimum absolute atomic E-state index is 0.112. The van der Waals surface area contributed by atoms with Crippen LogP contribution in [0.4, 0.5) is 0 Å². The van der Waals surface area contributed by atoms with E-state index in [4.69, 9.17) is 42.6 Å². The second-order valence-corrected chi connectivity index (χ2v) is 16.8. The lowest BCUT2D eigenvalue weighted by Crippen LogP contribution is -2.69. The molecule has 1 saturated carbocycles. The van der Waals surface area contributed by atoms with Gasteiger partial charge in [-0.1, -0.05) is 187 Å². The number of rotatable bonds is 19. The van der Waals surface area contributed by atoms with Crippen LogP contribution in [0.5, 0.6) is 0 Å². The minimum atomic E-state index is -1.39. The average molecular weight is 906 g/mol. The van der Waals surface area contributed by atoms with Crippen LogP contribution in [0.2, 0.25) is 0 Å². The first kappa shape index (κ1) is 46.3. The van der Waals surface area contributed by atoms with Gasteiger partial charge in [0.1, 0.15) is 61.0 Å². The fourth-order valence-corrected chi connectivity index (χ4v) is 8.87. The molecule has 2 heterocycles. The van der Waals surface area contributed by atoms with E-state index in [0.29, 0.717) is 0 Å². The summed E-state index contributed by atoms with van der Waals surface area (Å²) in [5, 5.41) is 17.2. The lowest BCUT2D eigenvalue weighted by Gasteiger charge is -2.52. The van der Waals surface area contributed by atoms with Gasteiger partial charge >= 0.3 is 0 Å². The third-order valence-corrected chi connectivity index (χ3v) is 12.2. The molecule has 1 aliphatic carbocycles. The van der Waals surface area contributed by atoms with Crippen molar-refractivity contribution in [3.8, 4) is 0 Å². The molecule has 1 unspecified atom stereocenters. The molecule has 9 rings (SSSR count). The van der Waals surface area contributed by atoms with Gasteiger partial charge in [0, 0.05) is 10.5 Å². The van der Waals surface area contributed by atoms with Crippen molar-refractivity contribution in [1.29, 1.82) is 0 Å². The summed E-state index contributed by atoms with van der Waals surface area (Å²) in [5.74, 6) is 0. The molecular weight excluding hydrogens is 851 g/mol. The van der Waals surface area contributed by atoms with E-state index in [2.05, 4.69) is 10.0 Å². The summed E-state index contributed by atoms with van der Waals surface area (Å²) in [7, 11) is 0. The molecule has 0 radical (unpaired) electrons. The molecule has 67 heavy (non-hydrogen) atoms. The van der Waals surface area contributed by atoms with Gasteiger partial charge < -0.3 is 47.7 Å². The van der Waals surface area contributed by atoms with Crippen LogP contribution in [0.25, 0.3) is 10.4 Å². The monoisotopic (exact) mass is 905 g/mol. The maximum absolute atomic E-state index is 12.9. The Morgan fingerprint density at radius 2 is 0.851 bits per heavy atom. The second kappa shape index (κ2) is 23.3. The van der Waals surface area contributed by atoms with E-state index in [1.807, 2.05) is 182 Å². The number of benzene rings is 6. The van der Waals surface area contributed by atoms with E-state index in [1.165, 1.54) is 0 Å². The zero-order valence-electron chi connectivity index (χ0n) is 37.0. The molecule has 6 aromatic rings. The Labute approximate surface area is 390 Å². The van der Waals surface area contributed by atoms with Gasteiger partial charge in [0.25, 0.3) is 0 Å². The average Bonchev–Trinajstić information content (AvgIpc) is 3.39. The SMILES string of the molecule is [N-]=[N+]=N[C@H]1[C@@H](O[C@@H]2[C@H](O)[C@@H](OCc3ccccc3)[C@H](OCc3ccccc3)[C@@H](OCc3ccccc3)[C@H]2OCc2ccccc2)O[C@@H]2COC(c3ccccc3)O[C@H]2[C@@H]1OCc1ccccc1. The van der Waals surface area contributed by atoms with Gasteiger partial charge in [0.15, 0.2) is 12.6 Å². The lowest BCUT2D eigenvalue weighted by atomic mass is 9.83. The molecular formula is C54H55N3O10. The molecule has 0 amide bonds. The first-order chi connectivity index (χ1) is 33.1. The number of fused-ring (bicyclic) bond motifs is 1. The predicted molar refractivity (Wildman–Crippen MR) is 248 cm³/mol. The molecule has 3 fully saturated rings. The third-order valence-electron chi connectivity index (χ3n) is 12.2. The van der Waals surface area contributed by atoms with Crippen molar-refractivity contribution >= 4 is 0 Å². The van der Waals surface area contributed by atoms with Crippen molar-refractivity contribution in [2.24, 2.45) is 5.11 Å². The Hall–Kier alpha value is -5.77. The van der Waals surface area contributed by atoms with E-state index < -0.39 is 73.6 Å². The summed E-state index contributed by atoms with van der Waals surface area (Å²) < 4.78 is 60.8. The first-order valence-corrected chi connectivity index (χ1v) is 22.7. The van der Waals surface area contributed by atoms with Gasteiger partial charge in [-0.25, -0.2) is 0 Å². The van der Waals surface area contributed by atoms with Crippen molar-refractivity contribution in [3.05, 3.63) is 226 Å². The van der Waals surface area contributed by atoms with E-state index >= 15 is 0 Å². The topological polar surface area (TPSA) is 152 Å². The van der Waals surface area contributed by atoms with E-state index in [0.717, 1.165) is 33.4 Å². The van der Waals surface area contributed by atoms with Crippen LogP contribution >= 0.6 is 0 Å². The highest BCUT2D eigenvalue weighted by molar-refractivity contribution is 5.20. The first-order valence-electron chi connectivity index (χ1n) is 22.7. The number of hydrogen-bond acceptors (Lipinski definition) is 11. The van der Waals surface area contributed by atoms with Crippen LogP contribution < -0.4 is 0 Å². The molecule has 6 aromatic carbocycles. The molecule has 13 heteroatoms. The lowest BCUT2D eigenvalue weighted by molar-refractivity contribution is -0.368. The van der Waals surface area contributed by atoms with Crippen molar-refractivity contribution in [3.63, 3.8) is 0 Å². The summed E-state index contributed by atoms with van der Waals surface area (Å²) in [6, 6.07) is 57.3. The predicted octanol–water partition coefficient (Wildman–Crippen LogP) is 9.19. The fraction of sp³-hybridized carbons (Fsp3) is 0.333. The summed E-state index contributed by atoms with van der Waals surface area (Å²) in [6.07, 6.45) is -10.7. The zero-order chi connectivity index (χ0) is 45.6. The Bertz CT molecular complexity index is 2420. The maximum Gasteiger partial charge on any atom is 0.184 e. The van der Waals surface area contributed by atoms with E-state index in [1.54, 1.807) is 0 Å². The molecule has 346 valence electrons. The van der Waals surface area contributed by atoms with E-state index in [-0.39, 0.29) is 39.6 Å². The van der Waals surface area contributed by atoms with Gasteiger partial charge in [-0.15, -0.1) is 0 Å². The summed E-state index contributed by atoms with van der Waals surface area (Å²) in [6.45, 7) is 0.974. The number of hydrogen-bond donors (Lipinski definition) is 1. The molecule has 12 atom stereocenters.